The van der Waals surface area contributed by atoms with Gasteiger partial charge < -0.3 is 0 Å². The van der Waals surface area contributed by atoms with Gasteiger partial charge in [0.1, 0.15) is 0 Å². The van der Waals surface area contributed by atoms with Gasteiger partial charge in [-0.3, -0.25) is 0 Å². The van der Waals surface area contributed by atoms with Gasteiger partial charge in [0.2, 0.25) is 0 Å². The second-order valence-electron chi connectivity index (χ2n) is 10.8. The van der Waals surface area contributed by atoms with Crippen molar-refractivity contribution < 1.29 is 9.59 Å². The number of nitrogens with one attached hydrogen (secondary N) is 1. The molecule has 226 valence electrons. The number of amidine groups is 1. The number of rotatable bonds is 7. The van der Waals surface area contributed by atoms with Gasteiger partial charge in [-0.15, -0.1) is 0 Å². The Bertz CT molecular complexity index is 2260. The van der Waals surface area contributed by atoms with Crippen molar-refractivity contribution in [3.63, 3.8) is 0 Å². The first-order valence-electron chi connectivity index (χ1n) is 15.1. The number of pyridine rings is 2. The number of nitrogens with zero attached hydrogens (tertiary/aromatic N) is 3. The molecule has 7 heteroatoms. The fourth-order valence-electron chi connectivity index (χ4n) is 5.37. The van der Waals surface area contributed by atoms with Gasteiger partial charge >= 0.3 is 279 Å². The molecule has 0 saturated heterocycles. The Morgan fingerprint density at radius 1 is 0.574 bits per heavy atom. The Morgan fingerprint density at radius 2 is 1.04 bits per heavy atom. The third-order valence-electron chi connectivity index (χ3n) is 7.69. The van der Waals surface area contributed by atoms with E-state index in [1.54, 1.807) is 12.1 Å². The summed E-state index contributed by atoms with van der Waals surface area (Å²) in [6.45, 7) is 0. The summed E-state index contributed by atoms with van der Waals surface area (Å²) >= 11 is -0.358. The molecule has 0 unspecified atom stereocenters. The van der Waals surface area contributed by atoms with Crippen LogP contribution in [0.1, 0.15) is 26.3 Å². The van der Waals surface area contributed by atoms with Crippen LogP contribution in [0.15, 0.2) is 157 Å². The number of aliphatic imine (C=N–C) groups is 1. The summed E-state index contributed by atoms with van der Waals surface area (Å²) in [6.07, 6.45) is 0. The molecule has 0 radical (unpaired) electrons. The molecule has 0 spiro atoms. The fraction of sp³-hybridized carbons (Fsp3) is 0.0250. The van der Waals surface area contributed by atoms with E-state index in [1.165, 1.54) is 0 Å². The molecule has 1 N–H and O–H groups in total. The van der Waals surface area contributed by atoms with Gasteiger partial charge in [0, 0.05) is 0 Å². The van der Waals surface area contributed by atoms with Crippen molar-refractivity contribution in [1.82, 2.24) is 15.3 Å². The summed E-state index contributed by atoms with van der Waals surface area (Å²) in [5.41, 5.74) is 6.58. The van der Waals surface area contributed by atoms with Crippen LogP contribution in [0.2, 0.25) is 0 Å². The van der Waals surface area contributed by atoms with Crippen LogP contribution in [0.3, 0.4) is 0 Å². The molecule has 47 heavy (non-hydrogen) atoms. The molecule has 0 fully saturated rings. The first-order valence-corrected chi connectivity index (χ1v) is 17.2. The summed E-state index contributed by atoms with van der Waals surface area (Å²) in [7, 11) is 0. The van der Waals surface area contributed by atoms with Gasteiger partial charge in [-0.1, -0.05) is 0 Å². The number of para-hydroxylation sites is 2. The Hall–Kier alpha value is -5.75. The first kappa shape index (κ1) is 29.9. The van der Waals surface area contributed by atoms with E-state index < -0.39 is 5.91 Å². The third-order valence-corrected chi connectivity index (χ3v) is 9.67. The van der Waals surface area contributed by atoms with Crippen LogP contribution in [-0.4, -0.2) is 41.5 Å². The summed E-state index contributed by atoms with van der Waals surface area (Å²) in [5, 5.41) is 5.12. The molecule has 2 aromatic heterocycles. The Kier molecular flexibility index (Phi) is 8.73. The molecule has 2 heterocycles. The van der Waals surface area contributed by atoms with E-state index in [1.807, 2.05) is 140 Å². The van der Waals surface area contributed by atoms with E-state index in [-0.39, 0.29) is 20.9 Å². The zero-order chi connectivity index (χ0) is 32.0. The molecule has 7 aromatic rings. The molecular formula is C40H28N4O2Se. The Labute approximate surface area is 278 Å². The number of aromatic nitrogens is 2. The number of hydrogen-bond acceptors (Lipinski definition) is 4. The minimum atomic E-state index is -0.435. The summed E-state index contributed by atoms with van der Waals surface area (Å²) in [6, 6.07) is 48.3. The Balaban J connectivity index is 1.29. The molecule has 6 nitrogen and oxygen atoms in total. The van der Waals surface area contributed by atoms with Gasteiger partial charge in [-0.2, -0.15) is 0 Å². The van der Waals surface area contributed by atoms with Crippen molar-refractivity contribution in [2.45, 2.75) is 5.32 Å². The molecule has 5 aromatic carbocycles. The monoisotopic (exact) mass is 676 g/mol. The number of fused-ring (bicyclic) bond motifs is 2. The topological polar surface area (TPSA) is 84.3 Å². The second-order valence-corrected chi connectivity index (χ2v) is 12.8. The number of carbonyl (C=O) groups is 2. The standard InChI is InChI=1S/C40H28N4O2Se/c45-38(32-24-36(28-16-6-2-7-17-28)41-34-22-12-10-20-30(32)34)43-40(47-26-27-14-4-1-5-15-27)44-39(46)33-25-37(29-18-8-3-9-19-29)42-35-23-13-11-21-31(33)35/h1-25H,26H2,(H,43,44,45,46). The van der Waals surface area contributed by atoms with Gasteiger partial charge in [0.05, 0.1) is 0 Å². The summed E-state index contributed by atoms with van der Waals surface area (Å²) < 4.78 is 0.348. The Morgan fingerprint density at radius 3 is 1.62 bits per heavy atom. The van der Waals surface area contributed by atoms with Crippen molar-refractivity contribution in [3.05, 3.63) is 168 Å². The predicted octanol–water partition coefficient (Wildman–Crippen LogP) is 7.95. The van der Waals surface area contributed by atoms with Crippen molar-refractivity contribution in [1.29, 1.82) is 0 Å². The number of benzene rings is 5. The van der Waals surface area contributed by atoms with Gasteiger partial charge in [-0.25, -0.2) is 0 Å². The SMILES string of the molecule is O=C(N=C(NC(=O)c1cc(-c2ccccc2)nc2ccccc12)[Se]Cc1ccccc1)c1cc(-c2ccccc2)nc2ccccc12. The molecule has 0 saturated carbocycles. The van der Waals surface area contributed by atoms with Crippen molar-refractivity contribution >= 4 is 53.3 Å². The first-order chi connectivity index (χ1) is 23.1. The molecule has 0 aliphatic carbocycles. The molecule has 0 aliphatic heterocycles. The molecular weight excluding hydrogens is 647 g/mol. The number of carbonyl (C=O) groups excluding carboxylic acids is 2. The van der Waals surface area contributed by atoms with Crippen molar-refractivity contribution in [3.8, 4) is 22.5 Å². The average molecular weight is 676 g/mol. The predicted molar refractivity (Wildman–Crippen MR) is 189 cm³/mol. The van der Waals surface area contributed by atoms with E-state index in [4.69, 9.17) is 9.97 Å². The summed E-state index contributed by atoms with van der Waals surface area (Å²) in [4.78, 5) is 42.4. The zero-order valence-electron chi connectivity index (χ0n) is 25.2. The molecule has 7 rings (SSSR count). The summed E-state index contributed by atoms with van der Waals surface area (Å²) in [5.74, 6) is -0.776. The van der Waals surface area contributed by atoms with Crippen LogP contribution in [-0.2, 0) is 5.32 Å². The van der Waals surface area contributed by atoms with Crippen LogP contribution in [0, 0.1) is 0 Å². The maximum absolute atomic E-state index is 14.1. The average Bonchev–Trinajstić information content (AvgIpc) is 3.14. The normalized spacial score (nSPS) is 11.4. The van der Waals surface area contributed by atoms with Gasteiger partial charge in [0.25, 0.3) is 0 Å². The van der Waals surface area contributed by atoms with E-state index >= 15 is 0 Å². The van der Waals surface area contributed by atoms with Gasteiger partial charge in [0.15, 0.2) is 0 Å². The quantitative estimate of drug-likeness (QED) is 0.106. The van der Waals surface area contributed by atoms with E-state index in [9.17, 15) is 9.59 Å². The molecule has 0 aliphatic rings. The maximum atomic E-state index is 14.1. The van der Waals surface area contributed by atoms with E-state index in [0.717, 1.165) is 22.1 Å². The number of amides is 2. The van der Waals surface area contributed by atoms with Crippen LogP contribution < -0.4 is 5.32 Å². The second kappa shape index (κ2) is 13.7. The minimum absolute atomic E-state index is 0.341. The molecule has 0 atom stereocenters. The fourth-order valence-corrected chi connectivity index (χ4v) is 7.06. The zero-order valence-corrected chi connectivity index (χ0v) is 26.9. The van der Waals surface area contributed by atoms with Crippen molar-refractivity contribution in [2.24, 2.45) is 4.99 Å². The van der Waals surface area contributed by atoms with Crippen molar-refractivity contribution in [2.75, 3.05) is 0 Å². The third kappa shape index (κ3) is 6.77. The van der Waals surface area contributed by atoms with Gasteiger partial charge in [-0.05, 0) is 0 Å². The molecule has 0 bridgehead atoms. The van der Waals surface area contributed by atoms with Crippen LogP contribution in [0.4, 0.5) is 0 Å². The van der Waals surface area contributed by atoms with E-state index in [2.05, 4.69) is 10.3 Å². The van der Waals surface area contributed by atoms with Crippen LogP contribution in [0.25, 0.3) is 44.3 Å². The van der Waals surface area contributed by atoms with Crippen LogP contribution in [0.5, 0.6) is 0 Å². The molecule has 2 amide bonds. The number of hydrogen-bond donors (Lipinski definition) is 1. The van der Waals surface area contributed by atoms with Crippen LogP contribution >= 0.6 is 0 Å². The van der Waals surface area contributed by atoms with E-state index in [0.29, 0.717) is 49.0 Å².